The van der Waals surface area contributed by atoms with Gasteiger partial charge in [0.25, 0.3) is 0 Å². The van der Waals surface area contributed by atoms with Crippen molar-refractivity contribution in [2.75, 3.05) is 27.2 Å². The Morgan fingerprint density at radius 1 is 1.48 bits per heavy atom. The Morgan fingerprint density at radius 2 is 2.24 bits per heavy atom. The van der Waals surface area contributed by atoms with Crippen LogP contribution in [-0.4, -0.2) is 49.3 Å². The molecule has 2 unspecified atom stereocenters. The summed E-state index contributed by atoms with van der Waals surface area (Å²) < 4.78 is 11.2. The van der Waals surface area contributed by atoms with E-state index < -0.39 is 5.97 Å². The Kier molecular flexibility index (Phi) is 5.07. The van der Waals surface area contributed by atoms with Crippen LogP contribution in [-0.2, 0) is 0 Å². The van der Waals surface area contributed by atoms with Gasteiger partial charge in [-0.1, -0.05) is 6.07 Å². The van der Waals surface area contributed by atoms with Crippen molar-refractivity contribution in [3.05, 3.63) is 23.8 Å². The third-order valence-corrected chi connectivity index (χ3v) is 4.06. The summed E-state index contributed by atoms with van der Waals surface area (Å²) in [5.74, 6) is 0.186. The highest BCUT2D eigenvalue weighted by Gasteiger charge is 2.26. The molecule has 1 fully saturated rings. The van der Waals surface area contributed by atoms with Crippen molar-refractivity contribution in [2.45, 2.75) is 25.9 Å². The quantitative estimate of drug-likeness (QED) is 0.904. The lowest BCUT2D eigenvalue weighted by atomic mass is 9.93. The summed E-state index contributed by atoms with van der Waals surface area (Å²) in [5.41, 5.74) is 0.144. The van der Waals surface area contributed by atoms with Crippen LogP contribution in [0.2, 0.25) is 0 Å². The molecular weight excluding hydrogens is 270 g/mol. The summed E-state index contributed by atoms with van der Waals surface area (Å²) in [6.07, 6.45) is 2.19. The van der Waals surface area contributed by atoms with E-state index in [4.69, 9.17) is 9.47 Å². The Bertz CT molecular complexity index is 503. The second-order valence-electron chi connectivity index (χ2n) is 5.63. The van der Waals surface area contributed by atoms with E-state index in [9.17, 15) is 9.90 Å². The number of methoxy groups -OCH3 is 1. The first-order valence-corrected chi connectivity index (χ1v) is 7.28. The first-order valence-electron chi connectivity index (χ1n) is 7.28. The molecule has 1 heterocycles. The molecule has 1 aromatic carbocycles. The van der Waals surface area contributed by atoms with Crippen molar-refractivity contribution in [2.24, 2.45) is 5.92 Å². The van der Waals surface area contributed by atoms with Crippen molar-refractivity contribution < 1.29 is 19.4 Å². The zero-order valence-corrected chi connectivity index (χ0v) is 12.8. The van der Waals surface area contributed by atoms with Crippen LogP contribution in [0.25, 0.3) is 0 Å². The number of piperidine rings is 1. The fourth-order valence-electron chi connectivity index (χ4n) is 2.84. The number of likely N-dealkylation sites (tertiary alicyclic amines) is 1. The SMILES string of the molecule is COc1cccc(C(=O)O)c1OC(C)C1CCCN(C)C1. The normalized spacial score (nSPS) is 20.8. The van der Waals surface area contributed by atoms with Crippen LogP contribution in [0.5, 0.6) is 11.5 Å². The van der Waals surface area contributed by atoms with Gasteiger partial charge in [-0.15, -0.1) is 0 Å². The Balaban J connectivity index is 2.19. The minimum atomic E-state index is -1.00. The van der Waals surface area contributed by atoms with Crippen molar-refractivity contribution in [1.82, 2.24) is 4.90 Å². The zero-order chi connectivity index (χ0) is 15.4. The minimum Gasteiger partial charge on any atom is -0.493 e. The molecule has 1 aliphatic heterocycles. The molecule has 5 nitrogen and oxygen atoms in total. The Morgan fingerprint density at radius 3 is 2.86 bits per heavy atom. The van der Waals surface area contributed by atoms with Gasteiger partial charge in [0.2, 0.25) is 0 Å². The average Bonchev–Trinajstić information content (AvgIpc) is 2.47. The number of carboxylic acids is 1. The average molecular weight is 293 g/mol. The number of hydrogen-bond acceptors (Lipinski definition) is 4. The Labute approximate surface area is 125 Å². The first kappa shape index (κ1) is 15.6. The molecule has 0 spiro atoms. The van der Waals surface area contributed by atoms with Crippen molar-refractivity contribution in [3.63, 3.8) is 0 Å². The van der Waals surface area contributed by atoms with E-state index in [1.54, 1.807) is 18.2 Å². The van der Waals surface area contributed by atoms with Crippen LogP contribution in [0.15, 0.2) is 18.2 Å². The number of carboxylic acid groups (broad SMARTS) is 1. The number of hydrogen-bond donors (Lipinski definition) is 1. The molecule has 2 rings (SSSR count). The third-order valence-electron chi connectivity index (χ3n) is 4.06. The molecule has 5 heteroatoms. The summed E-state index contributed by atoms with van der Waals surface area (Å²) in [4.78, 5) is 13.6. The smallest absolute Gasteiger partial charge is 0.339 e. The van der Waals surface area contributed by atoms with E-state index in [0.717, 1.165) is 25.9 Å². The lowest BCUT2D eigenvalue weighted by Gasteiger charge is -2.33. The minimum absolute atomic E-state index is 0.0536. The van der Waals surface area contributed by atoms with Gasteiger partial charge in [0, 0.05) is 12.5 Å². The van der Waals surface area contributed by atoms with Crippen molar-refractivity contribution in [1.29, 1.82) is 0 Å². The second kappa shape index (κ2) is 6.80. The molecular formula is C16H23NO4. The summed E-state index contributed by atoms with van der Waals surface area (Å²) >= 11 is 0. The van der Waals surface area contributed by atoms with Gasteiger partial charge in [0.05, 0.1) is 7.11 Å². The second-order valence-corrected chi connectivity index (χ2v) is 5.63. The van der Waals surface area contributed by atoms with Gasteiger partial charge in [-0.05, 0) is 45.5 Å². The topological polar surface area (TPSA) is 59.0 Å². The van der Waals surface area contributed by atoms with Gasteiger partial charge < -0.3 is 19.5 Å². The summed E-state index contributed by atoms with van der Waals surface area (Å²) in [6.45, 7) is 4.08. The van der Waals surface area contributed by atoms with Gasteiger partial charge >= 0.3 is 5.97 Å². The number of carbonyl (C=O) groups is 1. The van der Waals surface area contributed by atoms with E-state index in [-0.39, 0.29) is 11.7 Å². The summed E-state index contributed by atoms with van der Waals surface area (Å²) in [5, 5.41) is 9.31. The maximum atomic E-state index is 11.4. The zero-order valence-electron chi connectivity index (χ0n) is 12.8. The molecule has 0 aliphatic carbocycles. The molecule has 21 heavy (non-hydrogen) atoms. The molecule has 0 amide bonds. The number of nitrogens with zero attached hydrogens (tertiary/aromatic N) is 1. The van der Waals surface area contributed by atoms with Crippen LogP contribution >= 0.6 is 0 Å². The van der Waals surface area contributed by atoms with Crippen LogP contribution < -0.4 is 9.47 Å². The highest BCUT2D eigenvalue weighted by Crippen LogP contribution is 2.34. The van der Waals surface area contributed by atoms with E-state index in [1.165, 1.54) is 7.11 Å². The predicted molar refractivity (Wildman–Crippen MR) is 80.3 cm³/mol. The standard InChI is InChI=1S/C16H23NO4/c1-11(12-6-5-9-17(2)10-12)21-15-13(16(18)19)7-4-8-14(15)20-3/h4,7-8,11-12H,5-6,9-10H2,1-3H3,(H,18,19). The van der Waals surface area contributed by atoms with Gasteiger partial charge in [0.15, 0.2) is 11.5 Å². The predicted octanol–water partition coefficient (Wildman–Crippen LogP) is 2.50. The van der Waals surface area contributed by atoms with E-state index in [0.29, 0.717) is 17.4 Å². The van der Waals surface area contributed by atoms with Gasteiger partial charge in [-0.25, -0.2) is 4.79 Å². The fourth-order valence-corrected chi connectivity index (χ4v) is 2.84. The van der Waals surface area contributed by atoms with E-state index >= 15 is 0 Å². The monoisotopic (exact) mass is 293 g/mol. The van der Waals surface area contributed by atoms with Crippen molar-refractivity contribution in [3.8, 4) is 11.5 Å². The third kappa shape index (κ3) is 3.67. The fraction of sp³-hybridized carbons (Fsp3) is 0.562. The lowest BCUT2D eigenvalue weighted by Crippen LogP contribution is -2.39. The Hall–Kier alpha value is -1.75. The maximum absolute atomic E-state index is 11.4. The van der Waals surface area contributed by atoms with Gasteiger partial charge in [-0.2, -0.15) is 0 Å². The molecule has 1 aliphatic rings. The number of para-hydroxylation sites is 1. The van der Waals surface area contributed by atoms with Crippen LogP contribution in [0.1, 0.15) is 30.1 Å². The highest BCUT2D eigenvalue weighted by molar-refractivity contribution is 5.92. The lowest BCUT2D eigenvalue weighted by molar-refractivity contribution is 0.0665. The molecule has 0 saturated carbocycles. The number of rotatable bonds is 5. The van der Waals surface area contributed by atoms with Gasteiger partial charge in [-0.3, -0.25) is 0 Å². The molecule has 116 valence electrons. The van der Waals surface area contributed by atoms with E-state index in [1.807, 2.05) is 6.92 Å². The highest BCUT2D eigenvalue weighted by atomic mass is 16.5. The van der Waals surface area contributed by atoms with Crippen LogP contribution in [0, 0.1) is 5.92 Å². The molecule has 0 aromatic heterocycles. The molecule has 2 atom stereocenters. The molecule has 0 bridgehead atoms. The molecule has 1 N–H and O–H groups in total. The van der Waals surface area contributed by atoms with Crippen LogP contribution in [0.4, 0.5) is 0 Å². The summed E-state index contributed by atoms with van der Waals surface area (Å²) in [6, 6.07) is 4.93. The van der Waals surface area contributed by atoms with E-state index in [2.05, 4.69) is 11.9 Å². The largest absolute Gasteiger partial charge is 0.493 e. The first-order chi connectivity index (χ1) is 10.0. The summed E-state index contributed by atoms with van der Waals surface area (Å²) in [7, 11) is 3.62. The number of benzene rings is 1. The van der Waals surface area contributed by atoms with Crippen molar-refractivity contribution >= 4 is 5.97 Å². The number of ether oxygens (including phenoxy) is 2. The van der Waals surface area contributed by atoms with Crippen LogP contribution in [0.3, 0.4) is 0 Å². The molecule has 1 saturated heterocycles. The molecule has 1 aromatic rings. The molecule has 0 radical (unpaired) electrons. The maximum Gasteiger partial charge on any atom is 0.339 e. The number of aromatic carboxylic acids is 1. The van der Waals surface area contributed by atoms with Gasteiger partial charge in [0.1, 0.15) is 11.7 Å².